The molecule has 19 heavy (non-hydrogen) atoms. The van der Waals surface area contributed by atoms with Crippen LogP contribution in [0.25, 0.3) is 0 Å². The molecule has 2 aromatic rings. The predicted octanol–water partition coefficient (Wildman–Crippen LogP) is 4.95. The summed E-state index contributed by atoms with van der Waals surface area (Å²) in [5.74, 6) is -0.0374. The van der Waals surface area contributed by atoms with Gasteiger partial charge in [0.05, 0.1) is 5.56 Å². The molecule has 0 aliphatic rings. The first-order chi connectivity index (χ1) is 8.99. The van der Waals surface area contributed by atoms with Gasteiger partial charge in [-0.25, -0.2) is 14.4 Å². The van der Waals surface area contributed by atoms with Crippen molar-refractivity contribution in [1.82, 2.24) is 9.97 Å². The van der Waals surface area contributed by atoms with Crippen molar-refractivity contribution < 1.29 is 9.13 Å². The second kappa shape index (κ2) is 5.84. The molecule has 0 saturated carbocycles. The fraction of sp³-hybridized carbons (Fsp3) is 0.231. The average Bonchev–Trinajstić information content (AvgIpc) is 2.33. The van der Waals surface area contributed by atoms with Crippen LogP contribution in [-0.4, -0.2) is 9.97 Å². The Morgan fingerprint density at radius 2 is 2.05 bits per heavy atom. The topological polar surface area (TPSA) is 35.0 Å². The number of hydrogen-bond donors (Lipinski definition) is 0. The predicted molar refractivity (Wildman–Crippen MR) is 75.3 cm³/mol. The lowest BCUT2D eigenvalue weighted by molar-refractivity contribution is 0.418. The Morgan fingerprint density at radius 3 is 2.74 bits per heavy atom. The fourth-order valence-corrected chi connectivity index (χ4v) is 2.27. The summed E-state index contributed by atoms with van der Waals surface area (Å²) in [5, 5.41) is 0.315. The van der Waals surface area contributed by atoms with Gasteiger partial charge in [0.2, 0.25) is 5.88 Å². The van der Waals surface area contributed by atoms with Crippen LogP contribution in [0.2, 0.25) is 5.15 Å². The molecule has 3 nitrogen and oxygen atoms in total. The third-order valence-electron chi connectivity index (χ3n) is 2.48. The molecule has 2 rings (SSSR count). The third-order valence-corrected chi connectivity index (χ3v) is 3.27. The number of hydrogen-bond acceptors (Lipinski definition) is 3. The second-order valence-electron chi connectivity index (χ2n) is 4.21. The zero-order chi connectivity index (χ0) is 14.0. The van der Waals surface area contributed by atoms with Crippen LogP contribution in [0.1, 0.15) is 25.3 Å². The minimum absolute atomic E-state index is 0.0684. The quantitative estimate of drug-likeness (QED) is 0.738. The second-order valence-corrected chi connectivity index (χ2v) is 5.49. The van der Waals surface area contributed by atoms with Crippen molar-refractivity contribution in [3.63, 3.8) is 0 Å². The lowest BCUT2D eigenvalue weighted by atomic mass is 10.1. The third kappa shape index (κ3) is 3.22. The molecule has 0 fully saturated rings. The van der Waals surface area contributed by atoms with Crippen LogP contribution < -0.4 is 4.74 Å². The molecule has 0 atom stereocenters. The Kier molecular flexibility index (Phi) is 4.37. The van der Waals surface area contributed by atoms with E-state index in [1.54, 1.807) is 6.07 Å². The van der Waals surface area contributed by atoms with Gasteiger partial charge in [-0.2, -0.15) is 0 Å². The molecule has 0 bridgehead atoms. The van der Waals surface area contributed by atoms with Gasteiger partial charge in [0, 0.05) is 4.47 Å². The maximum atomic E-state index is 13.7. The van der Waals surface area contributed by atoms with E-state index in [4.69, 9.17) is 16.3 Å². The summed E-state index contributed by atoms with van der Waals surface area (Å²) >= 11 is 9.29. The van der Waals surface area contributed by atoms with E-state index in [1.165, 1.54) is 18.5 Å². The number of aromatic nitrogens is 2. The summed E-state index contributed by atoms with van der Waals surface area (Å²) in [5.41, 5.74) is 0.656. The largest absolute Gasteiger partial charge is 0.435 e. The van der Waals surface area contributed by atoms with Crippen LogP contribution in [0.15, 0.2) is 29.0 Å². The number of benzene rings is 1. The van der Waals surface area contributed by atoms with Crippen molar-refractivity contribution in [2.24, 2.45) is 0 Å². The Bertz CT molecular complexity index is 607. The van der Waals surface area contributed by atoms with E-state index in [0.29, 0.717) is 10.7 Å². The zero-order valence-electron chi connectivity index (χ0n) is 10.3. The SMILES string of the molecule is CC(C)c1c(Cl)ncnc1Oc1cc(Br)ccc1F. The van der Waals surface area contributed by atoms with Gasteiger partial charge < -0.3 is 4.74 Å². The van der Waals surface area contributed by atoms with Gasteiger partial charge in [-0.15, -0.1) is 0 Å². The van der Waals surface area contributed by atoms with E-state index in [1.807, 2.05) is 13.8 Å². The summed E-state index contributed by atoms with van der Waals surface area (Å²) in [6.07, 6.45) is 1.29. The molecule has 0 aliphatic carbocycles. The molecule has 1 aromatic heterocycles. The highest BCUT2D eigenvalue weighted by Gasteiger charge is 2.17. The normalized spacial score (nSPS) is 10.8. The molecule has 6 heteroatoms. The fourth-order valence-electron chi connectivity index (χ4n) is 1.59. The van der Waals surface area contributed by atoms with Gasteiger partial charge in [-0.05, 0) is 24.1 Å². The lowest BCUT2D eigenvalue weighted by Gasteiger charge is -2.13. The highest BCUT2D eigenvalue weighted by atomic mass is 79.9. The highest BCUT2D eigenvalue weighted by molar-refractivity contribution is 9.10. The number of ether oxygens (including phenoxy) is 1. The Morgan fingerprint density at radius 1 is 1.32 bits per heavy atom. The smallest absolute Gasteiger partial charge is 0.227 e. The maximum absolute atomic E-state index is 13.7. The van der Waals surface area contributed by atoms with Crippen LogP contribution in [0.4, 0.5) is 4.39 Å². The summed E-state index contributed by atoms with van der Waals surface area (Å²) in [6.45, 7) is 3.88. The van der Waals surface area contributed by atoms with E-state index < -0.39 is 5.82 Å². The molecule has 0 aliphatic heterocycles. The summed E-state index contributed by atoms with van der Waals surface area (Å²) in [7, 11) is 0. The molecule has 100 valence electrons. The number of nitrogens with zero attached hydrogens (tertiary/aromatic N) is 2. The van der Waals surface area contributed by atoms with Crippen LogP contribution in [0.3, 0.4) is 0 Å². The first-order valence-electron chi connectivity index (χ1n) is 5.62. The highest BCUT2D eigenvalue weighted by Crippen LogP contribution is 2.34. The molecular weight excluding hydrogens is 335 g/mol. The molecule has 0 unspecified atom stereocenters. The molecule has 1 heterocycles. The van der Waals surface area contributed by atoms with Crippen molar-refractivity contribution >= 4 is 27.5 Å². The van der Waals surface area contributed by atoms with E-state index in [-0.39, 0.29) is 17.5 Å². The van der Waals surface area contributed by atoms with Gasteiger partial charge in [-0.1, -0.05) is 41.4 Å². The van der Waals surface area contributed by atoms with Gasteiger partial charge in [0.25, 0.3) is 0 Å². The summed E-state index contributed by atoms with van der Waals surface area (Å²) in [6, 6.07) is 4.45. The Balaban J connectivity index is 2.44. The maximum Gasteiger partial charge on any atom is 0.227 e. The van der Waals surface area contributed by atoms with Crippen LogP contribution in [0.5, 0.6) is 11.6 Å². The number of rotatable bonds is 3. The van der Waals surface area contributed by atoms with Crippen LogP contribution >= 0.6 is 27.5 Å². The first kappa shape index (κ1) is 14.2. The Labute approximate surface area is 123 Å². The van der Waals surface area contributed by atoms with Crippen molar-refractivity contribution in [3.8, 4) is 11.6 Å². The monoisotopic (exact) mass is 344 g/mol. The molecule has 0 N–H and O–H groups in total. The zero-order valence-corrected chi connectivity index (χ0v) is 12.7. The average molecular weight is 346 g/mol. The minimum atomic E-state index is -0.465. The van der Waals surface area contributed by atoms with Crippen molar-refractivity contribution in [2.45, 2.75) is 19.8 Å². The van der Waals surface area contributed by atoms with Gasteiger partial charge in [-0.3, -0.25) is 0 Å². The van der Waals surface area contributed by atoms with Gasteiger partial charge in [0.15, 0.2) is 11.6 Å². The molecule has 0 spiro atoms. The lowest BCUT2D eigenvalue weighted by Crippen LogP contribution is -2.00. The molecule has 1 aromatic carbocycles. The number of halogens is 3. The molecular formula is C13H11BrClFN2O. The van der Waals surface area contributed by atoms with Crippen molar-refractivity contribution in [3.05, 3.63) is 45.5 Å². The minimum Gasteiger partial charge on any atom is -0.435 e. The van der Waals surface area contributed by atoms with Crippen LogP contribution in [0, 0.1) is 5.82 Å². The Hall–Kier alpha value is -1.20. The molecule has 0 amide bonds. The van der Waals surface area contributed by atoms with Gasteiger partial charge >= 0.3 is 0 Å². The molecule has 0 saturated heterocycles. The summed E-state index contributed by atoms with van der Waals surface area (Å²) < 4.78 is 19.9. The summed E-state index contributed by atoms with van der Waals surface area (Å²) in [4.78, 5) is 7.94. The molecule has 0 radical (unpaired) electrons. The van der Waals surface area contributed by atoms with Crippen molar-refractivity contribution in [2.75, 3.05) is 0 Å². The van der Waals surface area contributed by atoms with E-state index in [9.17, 15) is 4.39 Å². The van der Waals surface area contributed by atoms with Gasteiger partial charge in [0.1, 0.15) is 11.5 Å². The van der Waals surface area contributed by atoms with E-state index >= 15 is 0 Å². The van der Waals surface area contributed by atoms with Crippen molar-refractivity contribution in [1.29, 1.82) is 0 Å². The first-order valence-corrected chi connectivity index (χ1v) is 6.79. The van der Waals surface area contributed by atoms with Crippen LogP contribution in [-0.2, 0) is 0 Å². The standard InChI is InChI=1S/C13H11BrClFN2O/c1-7(2)11-12(15)17-6-18-13(11)19-10-5-8(14)3-4-9(10)16/h3-7H,1-2H3. The van der Waals surface area contributed by atoms with E-state index in [2.05, 4.69) is 25.9 Å². The van der Waals surface area contributed by atoms with E-state index in [0.717, 1.165) is 4.47 Å².